The van der Waals surface area contributed by atoms with Gasteiger partial charge in [0.05, 0.1) is 18.7 Å². The summed E-state index contributed by atoms with van der Waals surface area (Å²) in [6.07, 6.45) is 0. The van der Waals surface area contributed by atoms with E-state index in [9.17, 15) is 13.2 Å². The third kappa shape index (κ3) is 4.12. The van der Waals surface area contributed by atoms with Crippen LogP contribution in [0.15, 0.2) is 24.3 Å². The van der Waals surface area contributed by atoms with Crippen molar-refractivity contribution in [2.24, 2.45) is 0 Å². The minimum absolute atomic E-state index is 0.230. The average molecular weight is 254 g/mol. The lowest BCUT2D eigenvalue weighted by Gasteiger charge is -2.06. The van der Waals surface area contributed by atoms with E-state index in [-0.39, 0.29) is 5.69 Å². The van der Waals surface area contributed by atoms with E-state index in [2.05, 4.69) is 9.46 Å². The van der Waals surface area contributed by atoms with Gasteiger partial charge in [-0.25, -0.2) is 8.42 Å². The lowest BCUT2D eigenvalue weighted by atomic mass is 10.2. The zero-order chi connectivity index (χ0) is 12.9. The second kappa shape index (κ2) is 5.32. The van der Waals surface area contributed by atoms with Gasteiger partial charge < -0.3 is 4.74 Å². The summed E-state index contributed by atoms with van der Waals surface area (Å²) >= 11 is 0. The molecule has 0 aromatic heterocycles. The van der Waals surface area contributed by atoms with Crippen molar-refractivity contribution in [1.82, 2.24) is 0 Å². The van der Waals surface area contributed by atoms with E-state index in [4.69, 9.17) is 5.26 Å². The Labute approximate surface area is 98.9 Å². The molecule has 0 fully saturated rings. The van der Waals surface area contributed by atoms with Crippen molar-refractivity contribution in [2.45, 2.75) is 0 Å². The summed E-state index contributed by atoms with van der Waals surface area (Å²) in [5, 5.41) is 8.64. The number of hydrogen-bond donors (Lipinski definition) is 1. The molecule has 1 aromatic carbocycles. The highest BCUT2D eigenvalue weighted by atomic mass is 32.2. The van der Waals surface area contributed by atoms with Crippen LogP contribution < -0.4 is 4.72 Å². The zero-order valence-electron chi connectivity index (χ0n) is 9.00. The van der Waals surface area contributed by atoms with Crippen molar-refractivity contribution >= 4 is 21.7 Å². The molecule has 17 heavy (non-hydrogen) atoms. The molecule has 0 amide bonds. The van der Waals surface area contributed by atoms with Crippen LogP contribution in [0.1, 0.15) is 5.56 Å². The summed E-state index contributed by atoms with van der Waals surface area (Å²) in [5.74, 6) is -1.62. The first-order chi connectivity index (χ1) is 7.96. The third-order valence-electron chi connectivity index (χ3n) is 1.80. The van der Waals surface area contributed by atoms with Gasteiger partial charge in [0.25, 0.3) is 0 Å². The predicted octanol–water partition coefficient (Wildman–Crippen LogP) is 0.473. The highest BCUT2D eigenvalue weighted by Crippen LogP contribution is 2.11. The van der Waals surface area contributed by atoms with Crippen molar-refractivity contribution < 1.29 is 17.9 Å². The van der Waals surface area contributed by atoms with E-state index >= 15 is 0 Å². The molecule has 1 N–H and O–H groups in total. The molecule has 1 rings (SSSR count). The molecule has 6 nitrogen and oxygen atoms in total. The fourth-order valence-electron chi connectivity index (χ4n) is 1.08. The van der Waals surface area contributed by atoms with Gasteiger partial charge in [-0.2, -0.15) is 5.26 Å². The van der Waals surface area contributed by atoms with Crippen LogP contribution in [-0.4, -0.2) is 27.2 Å². The molecule has 0 saturated carbocycles. The number of nitrogens with zero attached hydrogens (tertiary/aromatic N) is 1. The van der Waals surface area contributed by atoms with Gasteiger partial charge in [-0.05, 0) is 18.2 Å². The third-order valence-corrected chi connectivity index (χ3v) is 2.96. The van der Waals surface area contributed by atoms with Gasteiger partial charge >= 0.3 is 5.97 Å². The summed E-state index contributed by atoms with van der Waals surface area (Å²) in [5.41, 5.74) is 0.552. The molecule has 0 atom stereocenters. The lowest BCUT2D eigenvalue weighted by Crippen LogP contribution is -2.23. The fourth-order valence-corrected chi connectivity index (χ4v) is 2.07. The van der Waals surface area contributed by atoms with Crippen molar-refractivity contribution in [2.75, 3.05) is 17.6 Å². The number of benzene rings is 1. The average Bonchev–Trinajstić information content (AvgIpc) is 2.27. The maximum atomic E-state index is 11.5. The summed E-state index contributed by atoms with van der Waals surface area (Å²) < 4.78 is 29.4. The summed E-state index contributed by atoms with van der Waals surface area (Å²) in [6.45, 7) is 0. The molecule has 90 valence electrons. The second-order valence-corrected chi connectivity index (χ2v) is 4.85. The first-order valence-corrected chi connectivity index (χ1v) is 6.19. The SMILES string of the molecule is COC(=O)CS(=O)(=O)Nc1cccc(C#N)c1. The maximum Gasteiger partial charge on any atom is 0.322 e. The standard InChI is InChI=1S/C10H10N2O4S/c1-16-10(13)7-17(14,15)12-9-4-2-3-8(5-9)6-11/h2-5,12H,7H2,1H3. The Kier molecular flexibility index (Phi) is 4.06. The van der Waals surface area contributed by atoms with Gasteiger partial charge in [0, 0.05) is 5.69 Å². The number of ether oxygens (including phenoxy) is 1. The number of hydrogen-bond acceptors (Lipinski definition) is 5. The zero-order valence-corrected chi connectivity index (χ0v) is 9.82. The molecule has 0 aliphatic carbocycles. The monoisotopic (exact) mass is 254 g/mol. The molecule has 0 radical (unpaired) electrons. The number of carbonyl (C=O) groups excluding carboxylic acids is 1. The lowest BCUT2D eigenvalue weighted by molar-refractivity contribution is -0.137. The molecule has 0 bridgehead atoms. The Morgan fingerprint density at radius 2 is 2.24 bits per heavy atom. The fraction of sp³-hybridized carbons (Fsp3) is 0.200. The normalized spacial score (nSPS) is 10.4. The van der Waals surface area contributed by atoms with Gasteiger partial charge in [0.1, 0.15) is 0 Å². The summed E-state index contributed by atoms with van der Waals surface area (Å²) in [6, 6.07) is 7.81. The molecular formula is C10H10N2O4S. The number of methoxy groups -OCH3 is 1. The molecule has 0 saturated heterocycles. The van der Waals surface area contributed by atoms with Gasteiger partial charge in [0.15, 0.2) is 5.75 Å². The second-order valence-electron chi connectivity index (χ2n) is 3.13. The summed E-state index contributed by atoms with van der Waals surface area (Å²) in [7, 11) is -2.70. The Hall–Kier alpha value is -2.07. The number of nitriles is 1. The van der Waals surface area contributed by atoms with Crippen LogP contribution in [0.4, 0.5) is 5.69 Å². The maximum absolute atomic E-state index is 11.5. The number of esters is 1. The Morgan fingerprint density at radius 1 is 1.53 bits per heavy atom. The smallest absolute Gasteiger partial charge is 0.322 e. The van der Waals surface area contributed by atoms with E-state index in [0.717, 1.165) is 7.11 Å². The van der Waals surface area contributed by atoms with Crippen molar-refractivity contribution in [3.63, 3.8) is 0 Å². The Balaban J connectivity index is 2.83. The topological polar surface area (TPSA) is 96.3 Å². The van der Waals surface area contributed by atoms with E-state index in [0.29, 0.717) is 5.56 Å². The molecular weight excluding hydrogens is 244 g/mol. The number of nitrogens with one attached hydrogen (secondary N) is 1. The first kappa shape index (κ1) is 13.0. The van der Waals surface area contributed by atoms with Gasteiger partial charge in [-0.15, -0.1) is 0 Å². The highest BCUT2D eigenvalue weighted by molar-refractivity contribution is 7.93. The highest BCUT2D eigenvalue weighted by Gasteiger charge is 2.16. The largest absolute Gasteiger partial charge is 0.468 e. The van der Waals surface area contributed by atoms with E-state index in [1.54, 1.807) is 0 Å². The molecule has 0 aliphatic heterocycles. The molecule has 0 aliphatic rings. The molecule has 0 heterocycles. The molecule has 1 aromatic rings. The van der Waals surface area contributed by atoms with Crippen molar-refractivity contribution in [3.8, 4) is 6.07 Å². The van der Waals surface area contributed by atoms with Crippen LogP contribution in [0.5, 0.6) is 0 Å². The Morgan fingerprint density at radius 3 is 2.82 bits per heavy atom. The summed E-state index contributed by atoms with van der Waals surface area (Å²) in [4.78, 5) is 10.8. The van der Waals surface area contributed by atoms with E-state index in [1.165, 1.54) is 24.3 Å². The van der Waals surface area contributed by atoms with Crippen LogP contribution >= 0.6 is 0 Å². The quantitative estimate of drug-likeness (QED) is 0.788. The number of rotatable bonds is 4. The molecule has 7 heteroatoms. The Bertz CT molecular complexity index is 560. The first-order valence-electron chi connectivity index (χ1n) is 4.54. The van der Waals surface area contributed by atoms with Crippen LogP contribution in [-0.2, 0) is 19.6 Å². The van der Waals surface area contributed by atoms with Crippen LogP contribution in [0.3, 0.4) is 0 Å². The van der Waals surface area contributed by atoms with Crippen molar-refractivity contribution in [3.05, 3.63) is 29.8 Å². The van der Waals surface area contributed by atoms with Crippen LogP contribution in [0.25, 0.3) is 0 Å². The van der Waals surface area contributed by atoms with Crippen LogP contribution in [0, 0.1) is 11.3 Å². The molecule has 0 spiro atoms. The number of carbonyl (C=O) groups is 1. The predicted molar refractivity (Wildman–Crippen MR) is 60.6 cm³/mol. The molecule has 0 unspecified atom stereocenters. The number of anilines is 1. The van der Waals surface area contributed by atoms with E-state index in [1.807, 2.05) is 6.07 Å². The van der Waals surface area contributed by atoms with Crippen molar-refractivity contribution in [1.29, 1.82) is 5.26 Å². The van der Waals surface area contributed by atoms with Crippen LogP contribution in [0.2, 0.25) is 0 Å². The van der Waals surface area contributed by atoms with Gasteiger partial charge in [-0.1, -0.05) is 6.07 Å². The number of sulfonamides is 1. The minimum atomic E-state index is -3.80. The van der Waals surface area contributed by atoms with Gasteiger partial charge in [-0.3, -0.25) is 9.52 Å². The van der Waals surface area contributed by atoms with Gasteiger partial charge in [0.2, 0.25) is 10.0 Å². The van der Waals surface area contributed by atoms with E-state index < -0.39 is 21.7 Å². The minimum Gasteiger partial charge on any atom is -0.468 e.